The monoisotopic (exact) mass is 495 g/mol. The number of methoxy groups -OCH3 is 1. The van der Waals surface area contributed by atoms with Gasteiger partial charge in [0.25, 0.3) is 15.7 Å². The molecule has 1 aromatic heterocycles. The number of azo groups is 1. The first-order valence-corrected chi connectivity index (χ1v) is 11.9. The molecule has 11 nitrogen and oxygen atoms in total. The van der Waals surface area contributed by atoms with Crippen LogP contribution in [0.5, 0.6) is 11.6 Å². The fourth-order valence-corrected chi connectivity index (χ4v) is 4.65. The van der Waals surface area contributed by atoms with Crippen molar-refractivity contribution in [2.45, 2.75) is 18.4 Å². The lowest BCUT2D eigenvalue weighted by Gasteiger charge is -2.09. The third-order valence-electron chi connectivity index (χ3n) is 5.29. The average Bonchev–Trinajstić information content (AvgIpc) is 3.13. The minimum Gasteiger partial charge on any atom is -0.497 e. The van der Waals surface area contributed by atoms with E-state index in [0.717, 1.165) is 11.6 Å². The number of aromatic hydroxyl groups is 1. The number of hydrogen-bond acceptors (Lipinski definition) is 8. The molecule has 0 saturated carbocycles. The molecule has 0 spiro atoms. The van der Waals surface area contributed by atoms with Gasteiger partial charge in [-0.15, -0.1) is 10.2 Å². The number of benzene rings is 3. The van der Waals surface area contributed by atoms with Crippen LogP contribution in [0.2, 0.25) is 0 Å². The van der Waals surface area contributed by atoms with Gasteiger partial charge in [0, 0.05) is 23.7 Å². The molecule has 0 aliphatic rings. The Kier molecular flexibility index (Phi) is 6.38. The fraction of sp³-hybridized carbons (Fsp3) is 0.130. The van der Waals surface area contributed by atoms with Crippen LogP contribution in [0, 0.1) is 10.1 Å². The number of sulfonamides is 1. The topological polar surface area (TPSA) is 148 Å². The molecule has 0 atom stereocenters. The smallest absolute Gasteiger partial charge is 0.298 e. The van der Waals surface area contributed by atoms with Crippen molar-refractivity contribution < 1.29 is 23.2 Å². The molecule has 180 valence electrons. The maximum Gasteiger partial charge on any atom is 0.298 e. The standard InChI is InChI=1S/C23H21N5O6S/c1-3-27-20-7-5-4-6-18(20)22(23(27)29)25-24-19-13-12-17(14-21(19)28(30)31)35(32,33)26-15-8-10-16(34-2)11-9-15/h4-14,26,29H,3H2,1-2H3. The van der Waals surface area contributed by atoms with E-state index in [4.69, 9.17) is 4.74 Å². The molecule has 0 bridgehead atoms. The first-order valence-electron chi connectivity index (χ1n) is 10.4. The lowest BCUT2D eigenvalue weighted by Crippen LogP contribution is -2.13. The molecule has 1 heterocycles. The summed E-state index contributed by atoms with van der Waals surface area (Å²) in [5, 5.41) is 30.9. The molecule has 0 aliphatic heterocycles. The SMILES string of the molecule is CCn1c(O)c(N=Nc2ccc(S(=O)(=O)Nc3ccc(OC)cc3)cc2[N+](=O)[O-])c2ccccc21. The van der Waals surface area contributed by atoms with Crippen molar-refractivity contribution in [1.82, 2.24) is 4.57 Å². The summed E-state index contributed by atoms with van der Waals surface area (Å²) >= 11 is 0. The molecule has 4 rings (SSSR count). The quantitative estimate of drug-likeness (QED) is 0.187. The number of aromatic nitrogens is 1. The molecule has 0 unspecified atom stereocenters. The van der Waals surface area contributed by atoms with Crippen LogP contribution in [-0.4, -0.2) is 30.1 Å². The zero-order valence-corrected chi connectivity index (χ0v) is 19.6. The van der Waals surface area contributed by atoms with E-state index in [9.17, 15) is 23.6 Å². The van der Waals surface area contributed by atoms with Crippen molar-refractivity contribution in [2.75, 3.05) is 11.8 Å². The maximum absolute atomic E-state index is 12.8. The molecular formula is C23H21N5O6S. The van der Waals surface area contributed by atoms with E-state index >= 15 is 0 Å². The van der Waals surface area contributed by atoms with E-state index in [0.29, 0.717) is 17.7 Å². The summed E-state index contributed by atoms with van der Waals surface area (Å²) in [5.74, 6) is 0.425. The zero-order chi connectivity index (χ0) is 25.2. The van der Waals surface area contributed by atoms with Crippen LogP contribution in [0.25, 0.3) is 10.9 Å². The molecule has 0 amide bonds. The number of aryl methyl sites for hydroxylation is 1. The van der Waals surface area contributed by atoms with Crippen LogP contribution in [0.3, 0.4) is 0 Å². The van der Waals surface area contributed by atoms with E-state index < -0.39 is 20.6 Å². The number of nitro groups is 1. The van der Waals surface area contributed by atoms with E-state index in [1.165, 1.54) is 31.4 Å². The summed E-state index contributed by atoms with van der Waals surface area (Å²) in [4.78, 5) is 10.6. The van der Waals surface area contributed by atoms with Gasteiger partial charge in [-0.3, -0.25) is 14.8 Å². The molecule has 4 aromatic rings. The van der Waals surface area contributed by atoms with Gasteiger partial charge in [0.15, 0.2) is 11.4 Å². The Morgan fingerprint density at radius 2 is 1.80 bits per heavy atom. The van der Waals surface area contributed by atoms with Gasteiger partial charge in [0.05, 0.1) is 22.4 Å². The summed E-state index contributed by atoms with van der Waals surface area (Å²) in [7, 11) is -2.63. The number of rotatable bonds is 8. The van der Waals surface area contributed by atoms with Crippen LogP contribution >= 0.6 is 0 Å². The highest BCUT2D eigenvalue weighted by atomic mass is 32.2. The predicted octanol–water partition coefficient (Wildman–Crippen LogP) is 5.50. The van der Waals surface area contributed by atoms with Gasteiger partial charge in [0.2, 0.25) is 5.88 Å². The van der Waals surface area contributed by atoms with Gasteiger partial charge in [-0.1, -0.05) is 18.2 Å². The summed E-state index contributed by atoms with van der Waals surface area (Å²) in [5.41, 5.74) is 0.452. The molecule has 3 aromatic carbocycles. The van der Waals surface area contributed by atoms with Crippen LogP contribution < -0.4 is 9.46 Å². The minimum absolute atomic E-state index is 0.122. The van der Waals surface area contributed by atoms with Gasteiger partial charge in [-0.05, 0) is 49.4 Å². The molecule has 2 N–H and O–H groups in total. The van der Waals surface area contributed by atoms with Crippen molar-refractivity contribution in [3.63, 3.8) is 0 Å². The molecule has 0 radical (unpaired) electrons. The van der Waals surface area contributed by atoms with Crippen molar-refractivity contribution in [3.8, 4) is 11.6 Å². The van der Waals surface area contributed by atoms with Crippen LogP contribution in [-0.2, 0) is 16.6 Å². The number of nitrogens with zero attached hydrogens (tertiary/aromatic N) is 4. The number of para-hydroxylation sites is 1. The minimum atomic E-state index is -4.12. The first kappa shape index (κ1) is 23.7. The third-order valence-corrected chi connectivity index (χ3v) is 6.67. The van der Waals surface area contributed by atoms with E-state index in [1.807, 2.05) is 19.1 Å². The van der Waals surface area contributed by atoms with Crippen molar-refractivity contribution in [2.24, 2.45) is 10.2 Å². The number of ether oxygens (including phenoxy) is 1. The highest BCUT2D eigenvalue weighted by Gasteiger charge is 2.22. The molecule has 0 saturated heterocycles. The zero-order valence-electron chi connectivity index (χ0n) is 18.7. The van der Waals surface area contributed by atoms with E-state index in [-0.39, 0.29) is 27.8 Å². The summed E-state index contributed by atoms with van der Waals surface area (Å²) in [6.45, 7) is 2.34. The maximum atomic E-state index is 12.8. The number of nitro benzene ring substituents is 1. The lowest BCUT2D eigenvalue weighted by atomic mass is 10.2. The van der Waals surface area contributed by atoms with Crippen LogP contribution in [0.15, 0.2) is 81.9 Å². The number of anilines is 1. The Balaban J connectivity index is 1.69. The molecule has 0 aliphatic carbocycles. The highest BCUT2D eigenvalue weighted by molar-refractivity contribution is 7.92. The predicted molar refractivity (Wildman–Crippen MR) is 130 cm³/mol. The Bertz CT molecular complexity index is 1540. The average molecular weight is 496 g/mol. The first-order chi connectivity index (χ1) is 16.7. The lowest BCUT2D eigenvalue weighted by molar-refractivity contribution is -0.384. The number of fused-ring (bicyclic) bond motifs is 1. The molecule has 35 heavy (non-hydrogen) atoms. The van der Waals surface area contributed by atoms with Crippen molar-refractivity contribution in [3.05, 3.63) is 76.8 Å². The van der Waals surface area contributed by atoms with Crippen molar-refractivity contribution >= 4 is 43.7 Å². The second kappa shape index (κ2) is 9.43. The van der Waals surface area contributed by atoms with Gasteiger partial charge >= 0.3 is 0 Å². The Labute approximate surface area is 200 Å². The Morgan fingerprint density at radius 3 is 2.46 bits per heavy atom. The largest absolute Gasteiger partial charge is 0.497 e. The number of nitrogens with one attached hydrogen (secondary N) is 1. The Morgan fingerprint density at radius 1 is 1.09 bits per heavy atom. The second-order valence-corrected chi connectivity index (χ2v) is 9.06. The summed E-state index contributed by atoms with van der Waals surface area (Å²) in [6.07, 6.45) is 0. The molecular weight excluding hydrogens is 474 g/mol. The number of hydrogen-bond donors (Lipinski definition) is 2. The third kappa shape index (κ3) is 4.64. The van der Waals surface area contributed by atoms with Crippen LogP contribution in [0.1, 0.15) is 6.92 Å². The van der Waals surface area contributed by atoms with Gasteiger partial charge < -0.3 is 14.4 Å². The fourth-order valence-electron chi connectivity index (χ4n) is 3.57. The second-order valence-electron chi connectivity index (χ2n) is 7.38. The van der Waals surface area contributed by atoms with Gasteiger partial charge in [-0.25, -0.2) is 8.42 Å². The highest BCUT2D eigenvalue weighted by Crippen LogP contribution is 2.40. The normalized spacial score (nSPS) is 11.7. The molecule has 0 fully saturated rings. The van der Waals surface area contributed by atoms with Gasteiger partial charge in [-0.2, -0.15) is 0 Å². The Hall–Kier alpha value is -4.45. The molecule has 12 heteroatoms. The summed E-state index contributed by atoms with van der Waals surface area (Å²) in [6, 6.07) is 16.6. The van der Waals surface area contributed by atoms with E-state index in [1.54, 1.807) is 28.8 Å². The van der Waals surface area contributed by atoms with Crippen LogP contribution in [0.4, 0.5) is 22.7 Å². The van der Waals surface area contributed by atoms with E-state index in [2.05, 4.69) is 15.0 Å². The summed E-state index contributed by atoms with van der Waals surface area (Å²) < 4.78 is 34.6. The van der Waals surface area contributed by atoms with Gasteiger partial charge in [0.1, 0.15) is 5.75 Å². The van der Waals surface area contributed by atoms with Crippen molar-refractivity contribution in [1.29, 1.82) is 0 Å².